The van der Waals surface area contributed by atoms with Crippen molar-refractivity contribution in [3.05, 3.63) is 65.0 Å². The van der Waals surface area contributed by atoms with E-state index < -0.39 is 0 Å². The highest BCUT2D eigenvalue weighted by Gasteiger charge is 2.11. The number of benzene rings is 1. The minimum absolute atomic E-state index is 0.0428. The Morgan fingerprint density at radius 1 is 1.16 bits per heavy atom. The van der Waals surface area contributed by atoms with Crippen LogP contribution in [0.4, 0.5) is 0 Å². The summed E-state index contributed by atoms with van der Waals surface area (Å²) in [7, 11) is 0. The molecular weight excluding hydrogens is 316 g/mol. The number of hydrogen-bond acceptors (Lipinski definition) is 4. The first kappa shape index (κ1) is 17.0. The average molecular weight is 338 g/mol. The van der Waals surface area contributed by atoms with E-state index in [4.69, 9.17) is 4.42 Å². The van der Waals surface area contributed by atoms with Crippen LogP contribution in [-0.2, 0) is 13.1 Å². The second-order valence-corrected chi connectivity index (χ2v) is 5.84. The van der Waals surface area contributed by atoms with Crippen molar-refractivity contribution in [3.63, 3.8) is 0 Å². The van der Waals surface area contributed by atoms with Gasteiger partial charge in [0.25, 0.3) is 5.91 Å². The third kappa shape index (κ3) is 4.16. The molecule has 0 aliphatic heterocycles. The second-order valence-electron chi connectivity index (χ2n) is 5.84. The van der Waals surface area contributed by atoms with Gasteiger partial charge in [-0.15, -0.1) is 0 Å². The van der Waals surface area contributed by atoms with E-state index >= 15 is 0 Å². The van der Waals surface area contributed by atoms with Crippen LogP contribution >= 0.6 is 0 Å². The van der Waals surface area contributed by atoms with E-state index in [-0.39, 0.29) is 5.91 Å². The molecule has 25 heavy (non-hydrogen) atoms. The predicted molar refractivity (Wildman–Crippen MR) is 96.0 cm³/mol. The zero-order chi connectivity index (χ0) is 17.6. The number of aryl methyl sites for hydroxylation is 1. The molecule has 0 aliphatic rings. The van der Waals surface area contributed by atoms with Crippen molar-refractivity contribution in [2.75, 3.05) is 6.54 Å². The van der Waals surface area contributed by atoms with Crippen molar-refractivity contribution in [1.82, 2.24) is 20.8 Å². The van der Waals surface area contributed by atoms with Crippen molar-refractivity contribution < 1.29 is 9.21 Å². The molecule has 0 bridgehead atoms. The van der Waals surface area contributed by atoms with E-state index in [0.717, 1.165) is 28.3 Å². The highest BCUT2D eigenvalue weighted by atomic mass is 16.3. The molecule has 6 heteroatoms. The van der Waals surface area contributed by atoms with Crippen molar-refractivity contribution in [1.29, 1.82) is 0 Å². The number of rotatable bonds is 7. The van der Waals surface area contributed by atoms with E-state index in [1.54, 1.807) is 6.20 Å². The van der Waals surface area contributed by atoms with Crippen LogP contribution in [0.2, 0.25) is 0 Å². The molecule has 0 saturated carbocycles. The van der Waals surface area contributed by atoms with Gasteiger partial charge in [0.2, 0.25) is 0 Å². The summed E-state index contributed by atoms with van der Waals surface area (Å²) >= 11 is 0. The number of carbonyl (C=O) groups excluding carboxylic acids is 1. The Kier molecular flexibility index (Phi) is 5.30. The molecule has 3 aromatic rings. The van der Waals surface area contributed by atoms with Crippen LogP contribution in [0.25, 0.3) is 11.5 Å². The smallest absolute Gasteiger partial charge is 0.251 e. The number of nitrogens with zero attached hydrogens (tertiary/aromatic N) is 1. The van der Waals surface area contributed by atoms with Crippen LogP contribution in [0.3, 0.4) is 0 Å². The van der Waals surface area contributed by atoms with Gasteiger partial charge in [-0.2, -0.15) is 5.10 Å². The Morgan fingerprint density at radius 3 is 2.64 bits per heavy atom. The van der Waals surface area contributed by atoms with Gasteiger partial charge in [-0.3, -0.25) is 9.89 Å². The standard InChI is InChI=1S/C19H22N4O2/c1-3-21-19(24)15-7-5-14(6-8-15)10-20-11-16-12-22-23-18(16)17-9-4-13(2)25-17/h4-9,12,20H,3,10-11H2,1-2H3,(H,21,24)(H,22,23). The summed E-state index contributed by atoms with van der Waals surface area (Å²) in [6, 6.07) is 11.5. The first-order valence-electron chi connectivity index (χ1n) is 8.34. The maximum Gasteiger partial charge on any atom is 0.251 e. The predicted octanol–water partition coefficient (Wildman–Crippen LogP) is 3.02. The summed E-state index contributed by atoms with van der Waals surface area (Å²) in [5, 5.41) is 13.3. The summed E-state index contributed by atoms with van der Waals surface area (Å²) < 4.78 is 5.65. The fourth-order valence-electron chi connectivity index (χ4n) is 2.61. The summed E-state index contributed by atoms with van der Waals surface area (Å²) in [5.74, 6) is 1.62. The zero-order valence-electron chi connectivity index (χ0n) is 14.4. The minimum atomic E-state index is -0.0428. The highest BCUT2D eigenvalue weighted by Crippen LogP contribution is 2.23. The van der Waals surface area contributed by atoms with Crippen LogP contribution in [0.1, 0.15) is 34.2 Å². The molecule has 0 unspecified atom stereocenters. The monoisotopic (exact) mass is 338 g/mol. The van der Waals surface area contributed by atoms with Crippen LogP contribution < -0.4 is 10.6 Å². The SMILES string of the molecule is CCNC(=O)c1ccc(CNCc2cn[nH]c2-c2ccc(C)o2)cc1. The number of aromatic nitrogens is 2. The summed E-state index contributed by atoms with van der Waals surface area (Å²) in [6.45, 7) is 5.83. The van der Waals surface area contributed by atoms with Gasteiger partial charge < -0.3 is 15.1 Å². The molecule has 2 heterocycles. The number of H-pyrrole nitrogens is 1. The van der Waals surface area contributed by atoms with Gasteiger partial charge in [0, 0.05) is 30.8 Å². The third-order valence-electron chi connectivity index (χ3n) is 3.90. The Bertz CT molecular complexity index is 833. The molecule has 6 nitrogen and oxygen atoms in total. The lowest BCUT2D eigenvalue weighted by Gasteiger charge is -2.06. The molecule has 130 valence electrons. The maximum absolute atomic E-state index is 11.8. The van der Waals surface area contributed by atoms with E-state index in [0.29, 0.717) is 25.2 Å². The van der Waals surface area contributed by atoms with E-state index in [1.807, 2.05) is 50.2 Å². The molecule has 2 aromatic heterocycles. The quantitative estimate of drug-likeness (QED) is 0.618. The normalized spacial score (nSPS) is 10.8. The van der Waals surface area contributed by atoms with Crippen molar-refractivity contribution in [2.24, 2.45) is 0 Å². The fraction of sp³-hybridized carbons (Fsp3) is 0.263. The van der Waals surface area contributed by atoms with Gasteiger partial charge in [0.15, 0.2) is 5.76 Å². The van der Waals surface area contributed by atoms with Crippen LogP contribution in [0.15, 0.2) is 47.0 Å². The van der Waals surface area contributed by atoms with Gasteiger partial charge in [0.05, 0.1) is 6.20 Å². The molecule has 1 aromatic carbocycles. The number of amides is 1. The zero-order valence-corrected chi connectivity index (χ0v) is 14.4. The van der Waals surface area contributed by atoms with Crippen molar-refractivity contribution in [3.8, 4) is 11.5 Å². The lowest BCUT2D eigenvalue weighted by atomic mass is 10.1. The Morgan fingerprint density at radius 2 is 1.96 bits per heavy atom. The van der Waals surface area contributed by atoms with Gasteiger partial charge in [-0.25, -0.2) is 0 Å². The molecule has 1 amide bonds. The second kappa shape index (κ2) is 7.81. The molecule has 0 fully saturated rings. The first-order valence-corrected chi connectivity index (χ1v) is 8.34. The number of carbonyl (C=O) groups is 1. The van der Waals surface area contributed by atoms with E-state index in [2.05, 4.69) is 20.8 Å². The molecule has 0 saturated heterocycles. The maximum atomic E-state index is 11.8. The summed E-state index contributed by atoms with van der Waals surface area (Å²) in [5.41, 5.74) is 3.74. The van der Waals surface area contributed by atoms with Gasteiger partial charge in [-0.05, 0) is 43.7 Å². The van der Waals surface area contributed by atoms with E-state index in [1.165, 1.54) is 0 Å². The third-order valence-corrected chi connectivity index (χ3v) is 3.90. The largest absolute Gasteiger partial charge is 0.460 e. The molecule has 0 spiro atoms. The Balaban J connectivity index is 1.57. The molecule has 3 rings (SSSR count). The van der Waals surface area contributed by atoms with Crippen LogP contribution in [0, 0.1) is 6.92 Å². The Hall–Kier alpha value is -2.86. The summed E-state index contributed by atoms with van der Waals surface area (Å²) in [4.78, 5) is 11.8. The lowest BCUT2D eigenvalue weighted by molar-refractivity contribution is 0.0956. The van der Waals surface area contributed by atoms with Gasteiger partial charge in [-0.1, -0.05) is 12.1 Å². The molecule has 0 radical (unpaired) electrons. The van der Waals surface area contributed by atoms with Gasteiger partial charge in [0.1, 0.15) is 11.5 Å². The minimum Gasteiger partial charge on any atom is -0.460 e. The van der Waals surface area contributed by atoms with Gasteiger partial charge >= 0.3 is 0 Å². The first-order chi connectivity index (χ1) is 12.2. The summed E-state index contributed by atoms with van der Waals surface area (Å²) in [6.07, 6.45) is 1.80. The fourth-order valence-corrected chi connectivity index (χ4v) is 2.61. The molecule has 0 atom stereocenters. The number of aromatic amines is 1. The number of hydrogen-bond donors (Lipinski definition) is 3. The molecule has 3 N–H and O–H groups in total. The van der Waals surface area contributed by atoms with Crippen molar-refractivity contribution >= 4 is 5.91 Å². The highest BCUT2D eigenvalue weighted by molar-refractivity contribution is 5.94. The average Bonchev–Trinajstić information content (AvgIpc) is 3.24. The Labute approximate surface area is 146 Å². The molecular formula is C19H22N4O2. The van der Waals surface area contributed by atoms with Crippen LogP contribution in [0.5, 0.6) is 0 Å². The van der Waals surface area contributed by atoms with Crippen molar-refractivity contribution in [2.45, 2.75) is 26.9 Å². The van der Waals surface area contributed by atoms with Crippen LogP contribution in [-0.4, -0.2) is 22.6 Å². The van der Waals surface area contributed by atoms with E-state index in [9.17, 15) is 4.79 Å². The molecule has 0 aliphatic carbocycles. The number of furan rings is 1. The topological polar surface area (TPSA) is 83.0 Å². The number of nitrogens with one attached hydrogen (secondary N) is 3. The lowest BCUT2D eigenvalue weighted by Crippen LogP contribution is -2.22.